The van der Waals surface area contributed by atoms with Gasteiger partial charge in [0.1, 0.15) is 0 Å². The van der Waals surface area contributed by atoms with Crippen molar-refractivity contribution in [2.45, 2.75) is 38.4 Å². The lowest BCUT2D eigenvalue weighted by Crippen LogP contribution is -2.32. The Kier molecular flexibility index (Phi) is 5.19. The number of nitrogens with one attached hydrogen (secondary N) is 1. The molecule has 118 valence electrons. The SMILES string of the molecule is CN(Cc1ccccn1)[C@@H]1CCCN(Cc2ccn[nH]2)CC1. The zero-order valence-corrected chi connectivity index (χ0v) is 13.3. The van der Waals surface area contributed by atoms with Crippen molar-refractivity contribution in [3.05, 3.63) is 48.0 Å². The van der Waals surface area contributed by atoms with E-state index >= 15 is 0 Å². The molecule has 1 atom stereocenters. The van der Waals surface area contributed by atoms with Gasteiger partial charge in [-0.25, -0.2) is 0 Å². The van der Waals surface area contributed by atoms with Crippen LogP contribution in [0.25, 0.3) is 0 Å². The Balaban J connectivity index is 1.51. The summed E-state index contributed by atoms with van der Waals surface area (Å²) in [5, 5.41) is 7.10. The smallest absolute Gasteiger partial charge is 0.0543 e. The molecule has 5 nitrogen and oxygen atoms in total. The molecule has 0 amide bonds. The predicted molar refractivity (Wildman–Crippen MR) is 87.2 cm³/mol. The quantitative estimate of drug-likeness (QED) is 0.920. The van der Waals surface area contributed by atoms with Crippen LogP contribution in [-0.2, 0) is 13.1 Å². The molecule has 0 saturated carbocycles. The maximum Gasteiger partial charge on any atom is 0.0543 e. The van der Waals surface area contributed by atoms with Crippen LogP contribution in [0, 0.1) is 0 Å². The van der Waals surface area contributed by atoms with Gasteiger partial charge in [0.2, 0.25) is 0 Å². The van der Waals surface area contributed by atoms with Gasteiger partial charge >= 0.3 is 0 Å². The van der Waals surface area contributed by atoms with Crippen molar-refractivity contribution in [1.82, 2.24) is 25.0 Å². The van der Waals surface area contributed by atoms with E-state index in [2.05, 4.69) is 50.2 Å². The van der Waals surface area contributed by atoms with Crippen molar-refractivity contribution >= 4 is 0 Å². The minimum atomic E-state index is 0.647. The van der Waals surface area contributed by atoms with E-state index in [-0.39, 0.29) is 0 Å². The molecule has 0 radical (unpaired) electrons. The highest BCUT2D eigenvalue weighted by atomic mass is 15.2. The molecule has 0 spiro atoms. The third-order valence-electron chi connectivity index (χ3n) is 4.50. The van der Waals surface area contributed by atoms with Crippen molar-refractivity contribution in [3.63, 3.8) is 0 Å². The Morgan fingerprint density at radius 2 is 2.18 bits per heavy atom. The average molecular weight is 299 g/mol. The third-order valence-corrected chi connectivity index (χ3v) is 4.50. The first-order chi connectivity index (χ1) is 10.8. The van der Waals surface area contributed by atoms with Crippen LogP contribution in [0.2, 0.25) is 0 Å². The first kappa shape index (κ1) is 15.2. The van der Waals surface area contributed by atoms with Crippen molar-refractivity contribution in [2.24, 2.45) is 0 Å². The van der Waals surface area contributed by atoms with Gasteiger partial charge in [-0.15, -0.1) is 0 Å². The third kappa shape index (κ3) is 4.15. The van der Waals surface area contributed by atoms with Crippen LogP contribution in [0.15, 0.2) is 36.7 Å². The van der Waals surface area contributed by atoms with Crippen molar-refractivity contribution in [1.29, 1.82) is 0 Å². The summed E-state index contributed by atoms with van der Waals surface area (Å²) < 4.78 is 0. The monoisotopic (exact) mass is 299 g/mol. The summed E-state index contributed by atoms with van der Waals surface area (Å²) in [5.41, 5.74) is 2.36. The molecule has 3 heterocycles. The molecule has 1 aliphatic rings. The zero-order valence-electron chi connectivity index (χ0n) is 13.3. The second kappa shape index (κ2) is 7.51. The van der Waals surface area contributed by atoms with E-state index in [0.717, 1.165) is 25.3 Å². The van der Waals surface area contributed by atoms with Gasteiger partial charge in [-0.3, -0.25) is 19.9 Å². The number of H-pyrrole nitrogens is 1. The average Bonchev–Trinajstić information content (AvgIpc) is 2.92. The molecule has 3 rings (SSSR count). The van der Waals surface area contributed by atoms with E-state index in [1.54, 1.807) is 0 Å². The highest BCUT2D eigenvalue weighted by Crippen LogP contribution is 2.18. The Morgan fingerprint density at radius 3 is 2.95 bits per heavy atom. The molecule has 0 unspecified atom stereocenters. The van der Waals surface area contributed by atoms with E-state index in [1.165, 1.54) is 31.5 Å². The molecule has 0 aromatic carbocycles. The number of pyridine rings is 1. The van der Waals surface area contributed by atoms with E-state index < -0.39 is 0 Å². The summed E-state index contributed by atoms with van der Waals surface area (Å²) in [5.74, 6) is 0. The number of aromatic amines is 1. The molecule has 1 fully saturated rings. The molecule has 1 saturated heterocycles. The molecule has 1 N–H and O–H groups in total. The number of hydrogen-bond acceptors (Lipinski definition) is 4. The topological polar surface area (TPSA) is 48.1 Å². The molecule has 1 aliphatic heterocycles. The minimum absolute atomic E-state index is 0.647. The fraction of sp³-hybridized carbons (Fsp3) is 0.529. The highest BCUT2D eigenvalue weighted by molar-refractivity contribution is 5.03. The fourth-order valence-electron chi connectivity index (χ4n) is 3.23. The first-order valence-electron chi connectivity index (χ1n) is 8.12. The van der Waals surface area contributed by atoms with Crippen molar-refractivity contribution < 1.29 is 0 Å². The second-order valence-corrected chi connectivity index (χ2v) is 6.18. The highest BCUT2D eigenvalue weighted by Gasteiger charge is 2.20. The standard InChI is InChI=1S/C17H25N5/c1-21(13-15-5-2-3-9-18-15)17-6-4-11-22(12-8-17)14-16-7-10-19-20-16/h2-3,5,7,9-10,17H,4,6,8,11-14H2,1H3,(H,19,20)/t17-/m1/s1. The van der Waals surface area contributed by atoms with Gasteiger partial charge in [-0.2, -0.15) is 5.10 Å². The van der Waals surface area contributed by atoms with Crippen LogP contribution in [0.4, 0.5) is 0 Å². The van der Waals surface area contributed by atoms with E-state index in [0.29, 0.717) is 6.04 Å². The minimum Gasteiger partial charge on any atom is -0.298 e. The van der Waals surface area contributed by atoms with Crippen LogP contribution < -0.4 is 0 Å². The number of nitrogens with zero attached hydrogens (tertiary/aromatic N) is 4. The van der Waals surface area contributed by atoms with E-state index in [9.17, 15) is 0 Å². The summed E-state index contributed by atoms with van der Waals surface area (Å²) in [4.78, 5) is 9.43. The van der Waals surface area contributed by atoms with Crippen LogP contribution in [0.5, 0.6) is 0 Å². The summed E-state index contributed by atoms with van der Waals surface area (Å²) >= 11 is 0. The lowest BCUT2D eigenvalue weighted by molar-refractivity contribution is 0.204. The molecular formula is C17H25N5. The lowest BCUT2D eigenvalue weighted by Gasteiger charge is -2.27. The summed E-state index contributed by atoms with van der Waals surface area (Å²) in [6.45, 7) is 4.24. The largest absolute Gasteiger partial charge is 0.298 e. The number of likely N-dealkylation sites (tertiary alicyclic amines) is 1. The van der Waals surface area contributed by atoms with E-state index in [1.807, 2.05) is 18.5 Å². The molecule has 22 heavy (non-hydrogen) atoms. The van der Waals surface area contributed by atoms with Crippen LogP contribution in [-0.4, -0.2) is 51.2 Å². The molecule has 0 aliphatic carbocycles. The molecule has 2 aromatic rings. The van der Waals surface area contributed by atoms with Gasteiger partial charge in [-0.1, -0.05) is 6.07 Å². The van der Waals surface area contributed by atoms with Gasteiger partial charge in [-0.05, 0) is 51.1 Å². The summed E-state index contributed by atoms with van der Waals surface area (Å²) in [6, 6.07) is 8.86. The Hall–Kier alpha value is -1.72. The Morgan fingerprint density at radius 1 is 1.23 bits per heavy atom. The maximum absolute atomic E-state index is 4.44. The van der Waals surface area contributed by atoms with Crippen LogP contribution >= 0.6 is 0 Å². The van der Waals surface area contributed by atoms with Crippen molar-refractivity contribution in [2.75, 3.05) is 20.1 Å². The first-order valence-corrected chi connectivity index (χ1v) is 8.12. The lowest BCUT2D eigenvalue weighted by atomic mass is 10.1. The van der Waals surface area contributed by atoms with Gasteiger partial charge in [0.05, 0.1) is 5.69 Å². The molecule has 2 aromatic heterocycles. The Bertz CT molecular complexity index is 539. The number of hydrogen-bond donors (Lipinski definition) is 1. The number of aromatic nitrogens is 3. The van der Waals surface area contributed by atoms with Crippen molar-refractivity contribution in [3.8, 4) is 0 Å². The zero-order chi connectivity index (χ0) is 15.2. The van der Waals surface area contributed by atoms with Crippen LogP contribution in [0.3, 0.4) is 0 Å². The second-order valence-electron chi connectivity index (χ2n) is 6.18. The number of rotatable bonds is 5. The normalized spacial score (nSPS) is 20.2. The molecule has 5 heteroatoms. The van der Waals surface area contributed by atoms with E-state index in [4.69, 9.17) is 0 Å². The fourth-order valence-corrected chi connectivity index (χ4v) is 3.23. The molecule has 0 bridgehead atoms. The Labute approximate surface area is 132 Å². The van der Waals surface area contributed by atoms with Gasteiger partial charge in [0.25, 0.3) is 0 Å². The van der Waals surface area contributed by atoms with Gasteiger partial charge < -0.3 is 0 Å². The predicted octanol–water partition coefficient (Wildman–Crippen LogP) is 2.29. The maximum atomic E-state index is 4.44. The van der Waals surface area contributed by atoms with Gasteiger partial charge in [0, 0.05) is 43.8 Å². The summed E-state index contributed by atoms with van der Waals surface area (Å²) in [6.07, 6.45) is 7.45. The van der Waals surface area contributed by atoms with Gasteiger partial charge in [0.15, 0.2) is 0 Å². The summed E-state index contributed by atoms with van der Waals surface area (Å²) in [7, 11) is 2.23. The van der Waals surface area contributed by atoms with Crippen LogP contribution in [0.1, 0.15) is 30.7 Å². The molecular weight excluding hydrogens is 274 g/mol.